The van der Waals surface area contributed by atoms with Crippen molar-refractivity contribution in [2.24, 2.45) is 0 Å². The number of unbranched alkanes of at least 4 members (excludes halogenated alkanes) is 1. The number of nitrogens with one attached hydrogen (secondary N) is 1. The van der Waals surface area contributed by atoms with Crippen LogP contribution < -0.4 is 9.64 Å². The van der Waals surface area contributed by atoms with Gasteiger partial charge in [-0.25, -0.2) is 0 Å². The van der Waals surface area contributed by atoms with E-state index in [0.717, 1.165) is 52.0 Å². The van der Waals surface area contributed by atoms with Crippen LogP contribution in [0.2, 0.25) is 5.02 Å². The van der Waals surface area contributed by atoms with Gasteiger partial charge < -0.3 is 14.4 Å². The number of aldehydes is 1. The summed E-state index contributed by atoms with van der Waals surface area (Å²) in [6.07, 6.45) is 2.89. The SMILES string of the molecule is O=Cc1cc(Cl)ccc1OCCCC[NH+]1CCOCC1. The Morgan fingerprint density at radius 1 is 1.30 bits per heavy atom. The van der Waals surface area contributed by atoms with Crippen molar-refractivity contribution in [2.75, 3.05) is 39.5 Å². The molecule has 0 aromatic heterocycles. The summed E-state index contributed by atoms with van der Waals surface area (Å²) >= 11 is 5.84. The number of carbonyl (C=O) groups is 1. The van der Waals surface area contributed by atoms with Gasteiger partial charge in [-0.15, -0.1) is 0 Å². The van der Waals surface area contributed by atoms with Crippen LogP contribution in [-0.4, -0.2) is 45.7 Å². The second-order valence-corrected chi connectivity index (χ2v) is 5.40. The van der Waals surface area contributed by atoms with Gasteiger partial charge in [0.15, 0.2) is 6.29 Å². The van der Waals surface area contributed by atoms with Crippen molar-refractivity contribution in [2.45, 2.75) is 12.8 Å². The predicted octanol–water partition coefficient (Wildman–Crippen LogP) is 1.23. The van der Waals surface area contributed by atoms with Crippen LogP contribution in [0, 0.1) is 0 Å². The van der Waals surface area contributed by atoms with Crippen molar-refractivity contribution in [3.8, 4) is 5.75 Å². The number of ether oxygens (including phenoxy) is 2. The van der Waals surface area contributed by atoms with Gasteiger partial charge in [-0.2, -0.15) is 0 Å². The molecule has 0 radical (unpaired) electrons. The molecule has 1 N–H and O–H groups in total. The first-order valence-electron chi connectivity index (χ1n) is 7.08. The maximum absolute atomic E-state index is 10.9. The van der Waals surface area contributed by atoms with Crippen molar-refractivity contribution >= 4 is 17.9 Å². The fourth-order valence-corrected chi connectivity index (χ4v) is 2.49. The minimum Gasteiger partial charge on any atom is -0.493 e. The average Bonchev–Trinajstić information content (AvgIpc) is 2.49. The summed E-state index contributed by atoms with van der Waals surface area (Å²) in [5, 5.41) is 0.551. The van der Waals surface area contributed by atoms with Crippen LogP contribution >= 0.6 is 11.6 Å². The predicted molar refractivity (Wildman–Crippen MR) is 78.0 cm³/mol. The van der Waals surface area contributed by atoms with E-state index in [-0.39, 0.29) is 0 Å². The van der Waals surface area contributed by atoms with Crippen molar-refractivity contribution in [3.63, 3.8) is 0 Å². The topological polar surface area (TPSA) is 40.0 Å². The zero-order valence-electron chi connectivity index (χ0n) is 11.6. The van der Waals surface area contributed by atoms with Crippen LogP contribution in [0.25, 0.3) is 0 Å². The molecule has 0 spiro atoms. The molecule has 20 heavy (non-hydrogen) atoms. The number of hydrogen-bond donors (Lipinski definition) is 1. The lowest BCUT2D eigenvalue weighted by Gasteiger charge is -2.23. The number of benzene rings is 1. The van der Waals surface area contributed by atoms with Crippen LogP contribution in [-0.2, 0) is 4.74 Å². The molecular weight excluding hydrogens is 278 g/mol. The van der Waals surface area contributed by atoms with E-state index in [1.54, 1.807) is 23.1 Å². The van der Waals surface area contributed by atoms with Crippen LogP contribution in [0.1, 0.15) is 23.2 Å². The number of hydrogen-bond acceptors (Lipinski definition) is 3. The lowest BCUT2D eigenvalue weighted by Crippen LogP contribution is -3.14. The van der Waals surface area contributed by atoms with E-state index in [0.29, 0.717) is 22.9 Å². The standard InChI is InChI=1S/C15H20ClNO3/c16-14-3-4-15(13(11-14)12-18)20-8-2-1-5-17-6-9-19-10-7-17/h3-4,11-12H,1-2,5-10H2/p+1. The second kappa shape index (κ2) is 8.25. The Labute approximate surface area is 124 Å². The maximum atomic E-state index is 10.9. The van der Waals surface area contributed by atoms with Gasteiger partial charge in [0, 0.05) is 5.02 Å². The third-order valence-corrected chi connectivity index (χ3v) is 3.72. The van der Waals surface area contributed by atoms with Crippen LogP contribution in [0.3, 0.4) is 0 Å². The zero-order valence-corrected chi connectivity index (χ0v) is 12.3. The largest absolute Gasteiger partial charge is 0.493 e. The minimum absolute atomic E-state index is 0.510. The Morgan fingerprint density at radius 3 is 2.85 bits per heavy atom. The molecule has 1 aliphatic rings. The van der Waals surface area contributed by atoms with Gasteiger partial charge in [0.2, 0.25) is 0 Å². The first kappa shape index (κ1) is 15.3. The Morgan fingerprint density at radius 2 is 2.10 bits per heavy atom. The van der Waals surface area contributed by atoms with E-state index in [9.17, 15) is 4.79 Å². The summed E-state index contributed by atoms with van der Waals surface area (Å²) in [4.78, 5) is 12.5. The fourth-order valence-electron chi connectivity index (χ4n) is 2.31. The molecule has 1 saturated heterocycles. The Hall–Kier alpha value is -1.10. The molecule has 0 saturated carbocycles. The second-order valence-electron chi connectivity index (χ2n) is 4.97. The van der Waals surface area contributed by atoms with E-state index in [4.69, 9.17) is 21.1 Å². The Kier molecular flexibility index (Phi) is 6.30. The minimum atomic E-state index is 0.510. The van der Waals surface area contributed by atoms with E-state index in [2.05, 4.69) is 0 Å². The van der Waals surface area contributed by atoms with E-state index in [1.807, 2.05) is 0 Å². The molecule has 1 aliphatic heterocycles. The molecule has 1 aromatic rings. The molecule has 5 heteroatoms. The molecule has 4 nitrogen and oxygen atoms in total. The normalized spacial score (nSPS) is 16.1. The number of halogens is 1. The van der Waals surface area contributed by atoms with Crippen molar-refractivity contribution in [1.82, 2.24) is 0 Å². The van der Waals surface area contributed by atoms with Gasteiger partial charge >= 0.3 is 0 Å². The summed E-state index contributed by atoms with van der Waals surface area (Å²) in [6.45, 7) is 5.75. The summed E-state index contributed by atoms with van der Waals surface area (Å²) in [6, 6.07) is 5.11. The van der Waals surface area contributed by atoms with E-state index in [1.165, 1.54) is 0 Å². The summed E-state index contributed by atoms with van der Waals surface area (Å²) in [5.41, 5.74) is 0.510. The van der Waals surface area contributed by atoms with E-state index < -0.39 is 0 Å². The quantitative estimate of drug-likeness (QED) is 0.608. The summed E-state index contributed by atoms with van der Waals surface area (Å²) in [5.74, 6) is 0.614. The van der Waals surface area contributed by atoms with Crippen molar-refractivity contribution in [3.05, 3.63) is 28.8 Å². The highest BCUT2D eigenvalue weighted by Crippen LogP contribution is 2.21. The lowest BCUT2D eigenvalue weighted by atomic mass is 10.2. The molecule has 2 rings (SSSR count). The third-order valence-electron chi connectivity index (χ3n) is 3.48. The molecule has 1 aromatic carbocycles. The van der Waals surface area contributed by atoms with Crippen LogP contribution in [0.15, 0.2) is 18.2 Å². The smallest absolute Gasteiger partial charge is 0.153 e. The van der Waals surface area contributed by atoms with Gasteiger partial charge in [-0.3, -0.25) is 4.79 Å². The highest BCUT2D eigenvalue weighted by atomic mass is 35.5. The average molecular weight is 299 g/mol. The number of carbonyl (C=O) groups excluding carboxylic acids is 1. The molecule has 0 amide bonds. The van der Waals surface area contributed by atoms with Crippen molar-refractivity contribution in [1.29, 1.82) is 0 Å². The third kappa shape index (κ3) is 4.78. The molecule has 0 aliphatic carbocycles. The molecule has 1 heterocycles. The number of morpholine rings is 1. The highest BCUT2D eigenvalue weighted by molar-refractivity contribution is 6.30. The first-order chi connectivity index (χ1) is 9.79. The summed E-state index contributed by atoms with van der Waals surface area (Å²) in [7, 11) is 0. The molecule has 1 fully saturated rings. The molecular formula is C15H21ClNO3+. The molecule has 110 valence electrons. The molecule has 0 bridgehead atoms. The fraction of sp³-hybridized carbons (Fsp3) is 0.533. The van der Waals surface area contributed by atoms with E-state index >= 15 is 0 Å². The van der Waals surface area contributed by atoms with Crippen LogP contribution in [0.4, 0.5) is 0 Å². The Balaban J connectivity index is 1.66. The van der Waals surface area contributed by atoms with Gasteiger partial charge in [0.05, 0.1) is 31.9 Å². The number of rotatable bonds is 7. The first-order valence-corrected chi connectivity index (χ1v) is 7.46. The monoisotopic (exact) mass is 298 g/mol. The van der Waals surface area contributed by atoms with Gasteiger partial charge in [-0.05, 0) is 31.0 Å². The van der Waals surface area contributed by atoms with Gasteiger partial charge in [-0.1, -0.05) is 11.6 Å². The Bertz CT molecular complexity index is 433. The highest BCUT2D eigenvalue weighted by Gasteiger charge is 2.12. The number of quaternary nitrogens is 1. The zero-order chi connectivity index (χ0) is 14.2. The van der Waals surface area contributed by atoms with Gasteiger partial charge in [0.25, 0.3) is 0 Å². The summed E-state index contributed by atoms with van der Waals surface area (Å²) < 4.78 is 11.0. The maximum Gasteiger partial charge on any atom is 0.153 e. The van der Waals surface area contributed by atoms with Crippen molar-refractivity contribution < 1.29 is 19.2 Å². The molecule has 0 unspecified atom stereocenters. The van der Waals surface area contributed by atoms with Gasteiger partial charge in [0.1, 0.15) is 18.8 Å². The molecule has 0 atom stereocenters. The lowest BCUT2D eigenvalue weighted by molar-refractivity contribution is -0.908. The van der Waals surface area contributed by atoms with Crippen LogP contribution in [0.5, 0.6) is 5.75 Å².